The van der Waals surface area contributed by atoms with Crippen LogP contribution < -0.4 is 4.74 Å². The molecule has 1 atom stereocenters. The van der Waals surface area contributed by atoms with Crippen LogP contribution in [0.5, 0.6) is 5.75 Å². The van der Waals surface area contributed by atoms with Crippen LogP contribution in [0.2, 0.25) is 0 Å². The fraction of sp³-hybridized carbons (Fsp3) is 0.250. The van der Waals surface area contributed by atoms with Gasteiger partial charge in [0.05, 0.1) is 12.0 Å². The van der Waals surface area contributed by atoms with E-state index in [1.54, 1.807) is 18.2 Å². The van der Waals surface area contributed by atoms with Gasteiger partial charge in [-0.25, -0.2) is 4.21 Å². The van der Waals surface area contributed by atoms with E-state index >= 15 is 0 Å². The van der Waals surface area contributed by atoms with Crippen LogP contribution in [0.25, 0.3) is 0 Å². The van der Waals surface area contributed by atoms with Crippen LogP contribution in [0.15, 0.2) is 23.1 Å². The molecule has 0 saturated heterocycles. The molecule has 0 heterocycles. The molecule has 12 heavy (non-hydrogen) atoms. The van der Waals surface area contributed by atoms with Crippen molar-refractivity contribution in [3.63, 3.8) is 0 Å². The highest BCUT2D eigenvalue weighted by atomic mass is 32.2. The van der Waals surface area contributed by atoms with Gasteiger partial charge in [0, 0.05) is 0 Å². The summed E-state index contributed by atoms with van der Waals surface area (Å²) in [6.07, 6.45) is 0. The van der Waals surface area contributed by atoms with Crippen molar-refractivity contribution in [2.75, 3.05) is 7.11 Å². The first-order valence-corrected chi connectivity index (χ1v) is 4.51. The lowest BCUT2D eigenvalue weighted by molar-refractivity contribution is 0.410. The molecule has 1 rings (SSSR count). The number of methoxy groups -OCH3 is 1. The third-order valence-corrected chi connectivity index (χ3v) is 2.24. The SMILES string of the molecule is COc1cc(S(=O)O)ccc1C. The summed E-state index contributed by atoms with van der Waals surface area (Å²) in [5, 5.41) is 0. The third-order valence-electron chi connectivity index (χ3n) is 1.58. The Morgan fingerprint density at radius 3 is 2.67 bits per heavy atom. The number of hydrogen-bond acceptors (Lipinski definition) is 2. The van der Waals surface area contributed by atoms with Gasteiger partial charge in [0.25, 0.3) is 0 Å². The smallest absolute Gasteiger partial charge is 0.186 e. The Labute approximate surface area is 73.7 Å². The van der Waals surface area contributed by atoms with Crippen molar-refractivity contribution < 1.29 is 13.5 Å². The van der Waals surface area contributed by atoms with E-state index in [-0.39, 0.29) is 0 Å². The quantitative estimate of drug-likeness (QED) is 0.713. The monoisotopic (exact) mass is 186 g/mol. The maximum atomic E-state index is 10.6. The summed E-state index contributed by atoms with van der Waals surface area (Å²) in [7, 11) is 1.53. The maximum Gasteiger partial charge on any atom is 0.186 e. The fourth-order valence-electron chi connectivity index (χ4n) is 0.909. The predicted octanol–water partition coefficient (Wildman–Crippen LogP) is 1.58. The third kappa shape index (κ3) is 1.84. The molecule has 3 nitrogen and oxygen atoms in total. The second-order valence-electron chi connectivity index (χ2n) is 2.38. The van der Waals surface area contributed by atoms with Gasteiger partial charge in [-0.15, -0.1) is 0 Å². The lowest BCUT2D eigenvalue weighted by atomic mass is 10.2. The lowest BCUT2D eigenvalue weighted by Crippen LogP contribution is -1.92. The average Bonchev–Trinajstić information content (AvgIpc) is 2.05. The van der Waals surface area contributed by atoms with Crippen LogP contribution in [-0.4, -0.2) is 15.9 Å². The van der Waals surface area contributed by atoms with E-state index in [9.17, 15) is 4.21 Å². The number of hydrogen-bond donors (Lipinski definition) is 1. The summed E-state index contributed by atoms with van der Waals surface area (Å²) in [4.78, 5) is 0.359. The second kappa shape index (κ2) is 3.69. The van der Waals surface area contributed by atoms with E-state index in [1.165, 1.54) is 7.11 Å². The topological polar surface area (TPSA) is 46.5 Å². The summed E-state index contributed by atoms with van der Waals surface area (Å²) in [5.74, 6) is 0.634. The summed E-state index contributed by atoms with van der Waals surface area (Å²) in [6.45, 7) is 1.88. The molecule has 0 aliphatic carbocycles. The van der Waals surface area contributed by atoms with Gasteiger partial charge < -0.3 is 9.29 Å². The van der Waals surface area contributed by atoms with E-state index in [2.05, 4.69) is 0 Å². The predicted molar refractivity (Wildman–Crippen MR) is 46.8 cm³/mol. The first-order chi connectivity index (χ1) is 5.65. The molecule has 0 fully saturated rings. The number of benzene rings is 1. The molecule has 1 unspecified atom stereocenters. The Balaban J connectivity index is 3.13. The molecule has 0 aromatic heterocycles. The highest BCUT2D eigenvalue weighted by Gasteiger charge is 2.03. The molecule has 1 N–H and O–H groups in total. The van der Waals surface area contributed by atoms with Crippen molar-refractivity contribution in [3.05, 3.63) is 23.8 Å². The van der Waals surface area contributed by atoms with Crippen LogP contribution in [-0.2, 0) is 11.1 Å². The fourth-order valence-corrected chi connectivity index (χ4v) is 1.30. The van der Waals surface area contributed by atoms with Crippen LogP contribution in [0.1, 0.15) is 5.56 Å². The van der Waals surface area contributed by atoms with Crippen molar-refractivity contribution in [3.8, 4) is 5.75 Å². The molecular weight excluding hydrogens is 176 g/mol. The number of aryl methyl sites for hydroxylation is 1. The largest absolute Gasteiger partial charge is 0.496 e. The van der Waals surface area contributed by atoms with Gasteiger partial charge in [-0.3, -0.25) is 0 Å². The van der Waals surface area contributed by atoms with Crippen molar-refractivity contribution in [2.45, 2.75) is 11.8 Å². The summed E-state index contributed by atoms with van der Waals surface area (Å²) in [5.41, 5.74) is 0.951. The zero-order valence-electron chi connectivity index (χ0n) is 6.90. The van der Waals surface area contributed by atoms with Gasteiger partial charge in [0.1, 0.15) is 5.75 Å². The van der Waals surface area contributed by atoms with Crippen LogP contribution in [0, 0.1) is 6.92 Å². The lowest BCUT2D eigenvalue weighted by Gasteiger charge is -2.04. The minimum absolute atomic E-state index is 0.359. The Kier molecular flexibility index (Phi) is 2.83. The Morgan fingerprint density at radius 1 is 1.50 bits per heavy atom. The van der Waals surface area contributed by atoms with E-state index in [0.29, 0.717) is 10.6 Å². The zero-order valence-corrected chi connectivity index (χ0v) is 7.72. The molecule has 0 aliphatic heterocycles. The highest BCUT2D eigenvalue weighted by Crippen LogP contribution is 2.20. The highest BCUT2D eigenvalue weighted by molar-refractivity contribution is 7.79. The molecule has 1 aromatic rings. The van der Waals surface area contributed by atoms with Crippen LogP contribution in [0.4, 0.5) is 0 Å². The van der Waals surface area contributed by atoms with Gasteiger partial charge in [0.15, 0.2) is 11.1 Å². The molecule has 0 radical (unpaired) electrons. The average molecular weight is 186 g/mol. The number of rotatable bonds is 2. The van der Waals surface area contributed by atoms with Crippen molar-refractivity contribution in [1.29, 1.82) is 0 Å². The molecule has 0 bridgehead atoms. The van der Waals surface area contributed by atoms with Gasteiger partial charge in [-0.1, -0.05) is 6.07 Å². The van der Waals surface area contributed by atoms with Crippen LogP contribution in [0.3, 0.4) is 0 Å². The molecule has 0 amide bonds. The van der Waals surface area contributed by atoms with Crippen molar-refractivity contribution >= 4 is 11.1 Å². The Bertz CT molecular complexity index is 309. The first-order valence-electron chi connectivity index (χ1n) is 3.40. The second-order valence-corrected chi connectivity index (χ2v) is 3.35. The molecule has 4 heteroatoms. The van der Waals surface area contributed by atoms with Crippen molar-refractivity contribution in [2.24, 2.45) is 0 Å². The van der Waals surface area contributed by atoms with E-state index in [4.69, 9.17) is 9.29 Å². The molecule has 0 aliphatic rings. The van der Waals surface area contributed by atoms with E-state index < -0.39 is 11.1 Å². The zero-order chi connectivity index (χ0) is 9.14. The summed E-state index contributed by atoms with van der Waals surface area (Å²) >= 11 is -1.93. The molecule has 0 saturated carbocycles. The molecule has 1 aromatic carbocycles. The molecule has 0 spiro atoms. The first kappa shape index (κ1) is 9.22. The molecular formula is C8H10O3S. The van der Waals surface area contributed by atoms with Crippen molar-refractivity contribution in [1.82, 2.24) is 0 Å². The standard InChI is InChI=1S/C8H10O3S/c1-6-3-4-7(12(9)10)5-8(6)11-2/h3-5H,1-2H3,(H,9,10). The minimum Gasteiger partial charge on any atom is -0.496 e. The van der Waals surface area contributed by atoms with E-state index in [1.807, 2.05) is 6.92 Å². The van der Waals surface area contributed by atoms with E-state index in [0.717, 1.165) is 5.56 Å². The maximum absolute atomic E-state index is 10.6. The van der Waals surface area contributed by atoms with Gasteiger partial charge >= 0.3 is 0 Å². The van der Waals surface area contributed by atoms with Gasteiger partial charge in [0.2, 0.25) is 0 Å². The number of ether oxygens (including phenoxy) is 1. The minimum atomic E-state index is -1.93. The van der Waals surface area contributed by atoms with Gasteiger partial charge in [-0.2, -0.15) is 0 Å². The normalized spacial score (nSPS) is 12.6. The van der Waals surface area contributed by atoms with Gasteiger partial charge in [-0.05, 0) is 24.6 Å². The summed E-state index contributed by atoms with van der Waals surface area (Å²) in [6, 6.07) is 4.92. The molecule has 66 valence electrons. The Morgan fingerprint density at radius 2 is 2.17 bits per heavy atom. The Hall–Kier alpha value is -0.870. The van der Waals surface area contributed by atoms with Crippen LogP contribution >= 0.6 is 0 Å². The summed E-state index contributed by atoms with van der Waals surface area (Å²) < 4.78 is 24.4.